The molecule has 0 aliphatic carbocycles. The lowest BCUT2D eigenvalue weighted by atomic mass is 9.81. The molecule has 2 aliphatic heterocycles. The molecule has 2 rings (SSSR count). The van der Waals surface area contributed by atoms with Crippen molar-refractivity contribution in [3.8, 4) is 6.07 Å². The van der Waals surface area contributed by atoms with Crippen LogP contribution in [0.25, 0.3) is 0 Å². The number of carbonyl (C=O) groups excluding carboxylic acids is 1. The molecule has 1 amide bonds. The molecule has 5 heteroatoms. The van der Waals surface area contributed by atoms with Gasteiger partial charge in [-0.1, -0.05) is 0 Å². The molecular weight excluding hydrogens is 254 g/mol. The third kappa shape index (κ3) is 3.31. The van der Waals surface area contributed by atoms with E-state index in [1.807, 2.05) is 0 Å². The second kappa shape index (κ2) is 6.55. The summed E-state index contributed by atoms with van der Waals surface area (Å²) in [5, 5.41) is 12.3. The first-order valence-electron chi connectivity index (χ1n) is 7.59. The first-order valence-corrected chi connectivity index (χ1v) is 7.59. The molecule has 0 spiro atoms. The van der Waals surface area contributed by atoms with E-state index in [1.54, 1.807) is 0 Å². The minimum atomic E-state index is -0.866. The topological polar surface area (TPSA) is 65.4 Å². The van der Waals surface area contributed by atoms with E-state index < -0.39 is 5.41 Å². The molecule has 2 fully saturated rings. The van der Waals surface area contributed by atoms with Crippen molar-refractivity contribution in [2.24, 2.45) is 11.3 Å². The van der Waals surface area contributed by atoms with E-state index in [2.05, 4.69) is 30.1 Å². The molecule has 2 saturated heterocycles. The van der Waals surface area contributed by atoms with Crippen molar-refractivity contribution in [3.05, 3.63) is 0 Å². The highest BCUT2D eigenvalue weighted by Gasteiger charge is 2.40. The van der Waals surface area contributed by atoms with Gasteiger partial charge in [0.25, 0.3) is 0 Å². The van der Waals surface area contributed by atoms with Gasteiger partial charge in [-0.15, -0.1) is 0 Å². The molecule has 0 aromatic carbocycles. The summed E-state index contributed by atoms with van der Waals surface area (Å²) >= 11 is 0. The first kappa shape index (κ1) is 15.3. The van der Waals surface area contributed by atoms with Crippen molar-refractivity contribution in [2.75, 3.05) is 32.8 Å². The summed E-state index contributed by atoms with van der Waals surface area (Å²) in [6.45, 7) is 8.25. The number of hydrogen-bond acceptors (Lipinski definition) is 4. The van der Waals surface area contributed by atoms with Crippen LogP contribution in [0.3, 0.4) is 0 Å². The van der Waals surface area contributed by atoms with Crippen LogP contribution in [0.2, 0.25) is 0 Å². The number of nitrogens with one attached hydrogen (secondary N) is 1. The maximum atomic E-state index is 12.3. The van der Waals surface area contributed by atoms with Crippen LogP contribution in [0.15, 0.2) is 0 Å². The van der Waals surface area contributed by atoms with Crippen LogP contribution in [0.5, 0.6) is 0 Å². The van der Waals surface area contributed by atoms with Crippen LogP contribution in [-0.2, 0) is 9.53 Å². The molecule has 0 radical (unpaired) electrons. The summed E-state index contributed by atoms with van der Waals surface area (Å²) in [4.78, 5) is 14.8. The Hall–Kier alpha value is -1.12. The smallest absolute Gasteiger partial charge is 0.240 e. The number of hydrogen-bond donors (Lipinski definition) is 1. The van der Waals surface area contributed by atoms with Gasteiger partial charge in [0.15, 0.2) is 0 Å². The lowest BCUT2D eigenvalue weighted by Gasteiger charge is -2.29. The number of carbonyl (C=O) groups is 1. The Morgan fingerprint density at radius 2 is 2.20 bits per heavy atom. The van der Waals surface area contributed by atoms with Gasteiger partial charge >= 0.3 is 0 Å². The summed E-state index contributed by atoms with van der Waals surface area (Å²) in [5.41, 5.74) is -0.866. The highest BCUT2D eigenvalue weighted by atomic mass is 16.5. The SMILES string of the molecule is CC(C)N1CCC(CNC(=O)C2(C#N)CCOCC2)C1. The Balaban J connectivity index is 1.82. The van der Waals surface area contributed by atoms with Gasteiger partial charge in [0.1, 0.15) is 5.41 Å². The molecule has 1 N–H and O–H groups in total. The Morgan fingerprint density at radius 3 is 2.75 bits per heavy atom. The molecule has 112 valence electrons. The van der Waals surface area contributed by atoms with Crippen LogP contribution in [0, 0.1) is 22.7 Å². The van der Waals surface area contributed by atoms with Crippen molar-refractivity contribution < 1.29 is 9.53 Å². The van der Waals surface area contributed by atoms with E-state index in [0.717, 1.165) is 19.5 Å². The molecule has 0 aromatic rings. The van der Waals surface area contributed by atoms with Gasteiger partial charge in [-0.25, -0.2) is 0 Å². The molecule has 2 heterocycles. The maximum absolute atomic E-state index is 12.3. The number of nitrogens with zero attached hydrogens (tertiary/aromatic N) is 2. The third-order valence-corrected chi connectivity index (χ3v) is 4.59. The number of nitriles is 1. The Morgan fingerprint density at radius 1 is 1.50 bits per heavy atom. The summed E-state index contributed by atoms with van der Waals surface area (Å²) in [6, 6.07) is 2.78. The molecule has 2 aliphatic rings. The normalized spacial score (nSPS) is 26.4. The molecule has 0 saturated carbocycles. The quantitative estimate of drug-likeness (QED) is 0.838. The monoisotopic (exact) mass is 279 g/mol. The van der Waals surface area contributed by atoms with Crippen molar-refractivity contribution in [1.82, 2.24) is 10.2 Å². The minimum Gasteiger partial charge on any atom is -0.381 e. The summed E-state index contributed by atoms with van der Waals surface area (Å²) in [5.74, 6) is 0.406. The second-order valence-corrected chi connectivity index (χ2v) is 6.26. The molecular formula is C15H25N3O2. The van der Waals surface area contributed by atoms with E-state index in [1.165, 1.54) is 0 Å². The first-order chi connectivity index (χ1) is 9.57. The zero-order valence-corrected chi connectivity index (χ0v) is 12.5. The molecule has 1 unspecified atom stereocenters. The van der Waals surface area contributed by atoms with E-state index in [4.69, 9.17) is 4.74 Å². The average Bonchev–Trinajstić information content (AvgIpc) is 2.94. The molecule has 1 atom stereocenters. The zero-order chi connectivity index (χ0) is 14.6. The molecule has 5 nitrogen and oxygen atoms in total. The number of rotatable bonds is 4. The fraction of sp³-hybridized carbons (Fsp3) is 0.867. The predicted molar refractivity (Wildman–Crippen MR) is 75.9 cm³/mol. The predicted octanol–water partition coefficient (Wildman–Crippen LogP) is 1.15. The van der Waals surface area contributed by atoms with E-state index in [9.17, 15) is 10.1 Å². The average molecular weight is 279 g/mol. The van der Waals surface area contributed by atoms with Gasteiger partial charge in [-0.05, 0) is 45.6 Å². The van der Waals surface area contributed by atoms with E-state index >= 15 is 0 Å². The van der Waals surface area contributed by atoms with Gasteiger partial charge in [0, 0.05) is 32.3 Å². The fourth-order valence-corrected chi connectivity index (χ4v) is 3.01. The lowest BCUT2D eigenvalue weighted by Crippen LogP contribution is -2.45. The van der Waals surface area contributed by atoms with Gasteiger partial charge in [-0.3, -0.25) is 4.79 Å². The van der Waals surface area contributed by atoms with Gasteiger partial charge < -0.3 is 15.0 Å². The lowest BCUT2D eigenvalue weighted by molar-refractivity contribution is -0.132. The van der Waals surface area contributed by atoms with Crippen molar-refractivity contribution >= 4 is 5.91 Å². The largest absolute Gasteiger partial charge is 0.381 e. The van der Waals surface area contributed by atoms with E-state index in [0.29, 0.717) is 44.6 Å². The highest BCUT2D eigenvalue weighted by molar-refractivity contribution is 5.85. The highest BCUT2D eigenvalue weighted by Crippen LogP contribution is 2.30. The van der Waals surface area contributed by atoms with Crippen LogP contribution in [-0.4, -0.2) is 49.7 Å². The van der Waals surface area contributed by atoms with Crippen LogP contribution < -0.4 is 5.32 Å². The Kier molecular flexibility index (Phi) is 5.00. The molecule has 20 heavy (non-hydrogen) atoms. The van der Waals surface area contributed by atoms with Crippen LogP contribution in [0.4, 0.5) is 0 Å². The summed E-state index contributed by atoms with van der Waals surface area (Å²) < 4.78 is 5.26. The number of likely N-dealkylation sites (tertiary alicyclic amines) is 1. The van der Waals surface area contributed by atoms with Crippen LogP contribution >= 0.6 is 0 Å². The van der Waals surface area contributed by atoms with Crippen molar-refractivity contribution in [1.29, 1.82) is 5.26 Å². The minimum absolute atomic E-state index is 0.105. The number of amides is 1. The van der Waals surface area contributed by atoms with Crippen LogP contribution in [0.1, 0.15) is 33.1 Å². The second-order valence-electron chi connectivity index (χ2n) is 6.26. The van der Waals surface area contributed by atoms with Crippen molar-refractivity contribution in [2.45, 2.75) is 39.2 Å². The summed E-state index contributed by atoms with van der Waals surface area (Å²) in [6.07, 6.45) is 2.15. The zero-order valence-electron chi connectivity index (χ0n) is 12.5. The Bertz CT molecular complexity index is 383. The fourth-order valence-electron chi connectivity index (χ4n) is 3.01. The van der Waals surface area contributed by atoms with Gasteiger partial charge in [-0.2, -0.15) is 5.26 Å². The standard InChI is InChI=1S/C15H25N3O2/c1-12(2)18-6-3-13(10-18)9-17-14(19)15(11-16)4-7-20-8-5-15/h12-13H,3-10H2,1-2H3,(H,17,19). The maximum Gasteiger partial charge on any atom is 0.240 e. The summed E-state index contributed by atoms with van der Waals surface area (Å²) in [7, 11) is 0. The Labute approximate surface area is 121 Å². The van der Waals surface area contributed by atoms with Crippen molar-refractivity contribution in [3.63, 3.8) is 0 Å². The van der Waals surface area contributed by atoms with Gasteiger partial charge in [0.2, 0.25) is 5.91 Å². The van der Waals surface area contributed by atoms with Gasteiger partial charge in [0.05, 0.1) is 6.07 Å². The van der Waals surface area contributed by atoms with E-state index in [-0.39, 0.29) is 5.91 Å². The molecule has 0 aromatic heterocycles. The molecule has 0 bridgehead atoms. The number of ether oxygens (including phenoxy) is 1. The third-order valence-electron chi connectivity index (χ3n) is 4.59.